The van der Waals surface area contributed by atoms with Gasteiger partial charge in [-0.25, -0.2) is 4.39 Å². The second-order valence-electron chi connectivity index (χ2n) is 5.97. The van der Waals surface area contributed by atoms with Crippen molar-refractivity contribution in [2.45, 2.75) is 6.54 Å². The maximum absolute atomic E-state index is 13.7. The van der Waals surface area contributed by atoms with Crippen LogP contribution < -0.4 is 14.2 Å². The average Bonchev–Trinajstić information content (AvgIpc) is 2.62. The minimum atomic E-state index is -0.353. The fourth-order valence-electron chi connectivity index (χ4n) is 2.72. The number of halogens is 1. The highest BCUT2D eigenvalue weighted by atomic mass is 19.1. The number of hydrogen-bond donors (Lipinski definition) is 0. The molecular weight excluding hydrogens is 321 g/mol. The number of likely N-dealkylation sites (N-methyl/N-ethyl adjacent to an activating group) is 1. The van der Waals surface area contributed by atoms with Gasteiger partial charge in [-0.2, -0.15) is 0 Å². The Bertz CT molecular complexity index is 761. The van der Waals surface area contributed by atoms with Gasteiger partial charge in [0.1, 0.15) is 13.2 Å². The number of hydrogen-bond acceptors (Lipinski definition) is 4. The van der Waals surface area contributed by atoms with E-state index in [2.05, 4.69) is 4.90 Å². The van der Waals surface area contributed by atoms with Crippen molar-refractivity contribution in [2.75, 3.05) is 33.9 Å². The summed E-state index contributed by atoms with van der Waals surface area (Å²) in [4.78, 5) is 2.17. The monoisotopic (exact) mass is 343 g/mol. The highest BCUT2D eigenvalue weighted by Crippen LogP contribution is 2.31. The van der Waals surface area contributed by atoms with Crippen LogP contribution in [0.15, 0.2) is 42.5 Å². The van der Waals surface area contributed by atoms with Crippen LogP contribution in [0.3, 0.4) is 0 Å². The zero-order chi connectivity index (χ0) is 17.6. The molecule has 0 N–H and O–H groups in total. The van der Waals surface area contributed by atoms with Gasteiger partial charge in [0.2, 0.25) is 0 Å². The van der Waals surface area contributed by atoms with Crippen LogP contribution >= 0.6 is 0 Å². The zero-order valence-corrected chi connectivity index (χ0v) is 14.5. The third-order valence-corrected chi connectivity index (χ3v) is 3.96. The van der Waals surface area contributed by atoms with Crippen molar-refractivity contribution in [1.29, 1.82) is 0 Å². The fourth-order valence-corrected chi connectivity index (χ4v) is 2.72. The van der Waals surface area contributed by atoms with E-state index in [-0.39, 0.29) is 11.6 Å². The molecule has 0 fully saturated rings. The molecule has 0 spiro atoms. The van der Waals surface area contributed by atoms with Gasteiger partial charge in [0, 0.05) is 13.1 Å². The average molecular weight is 343 g/mol. The molecule has 0 atom stereocenters. The van der Waals surface area contributed by atoms with E-state index in [4.69, 9.17) is 14.2 Å². The summed E-state index contributed by atoms with van der Waals surface area (Å²) in [6, 6.07) is 11.0. The molecule has 2 aromatic carbocycles. The summed E-state index contributed by atoms with van der Waals surface area (Å²) in [5.41, 5.74) is 1.97. The Labute approximate surface area is 147 Å². The van der Waals surface area contributed by atoms with Crippen molar-refractivity contribution in [1.82, 2.24) is 4.90 Å². The molecule has 0 saturated carbocycles. The summed E-state index contributed by atoms with van der Waals surface area (Å²) < 4.78 is 29.7. The van der Waals surface area contributed by atoms with Crippen molar-refractivity contribution in [3.05, 3.63) is 59.4 Å². The first-order valence-electron chi connectivity index (χ1n) is 8.23. The van der Waals surface area contributed by atoms with E-state index < -0.39 is 0 Å². The number of ether oxygens (including phenoxy) is 3. The third-order valence-electron chi connectivity index (χ3n) is 3.96. The van der Waals surface area contributed by atoms with Crippen LogP contribution in [0.5, 0.6) is 17.2 Å². The number of nitrogens with zero attached hydrogens (tertiary/aromatic N) is 1. The molecule has 0 bridgehead atoms. The molecule has 0 unspecified atom stereocenters. The van der Waals surface area contributed by atoms with Crippen LogP contribution in [-0.4, -0.2) is 38.8 Å². The lowest BCUT2D eigenvalue weighted by molar-refractivity contribution is 0.171. The maximum Gasteiger partial charge on any atom is 0.165 e. The molecule has 1 aliphatic heterocycles. The van der Waals surface area contributed by atoms with Crippen LogP contribution in [0.2, 0.25) is 0 Å². The van der Waals surface area contributed by atoms with Crippen LogP contribution in [0.25, 0.3) is 6.08 Å². The summed E-state index contributed by atoms with van der Waals surface area (Å²) in [6.07, 6.45) is 3.92. The normalized spacial score (nSPS) is 13.4. The van der Waals surface area contributed by atoms with Gasteiger partial charge in [0.25, 0.3) is 0 Å². The van der Waals surface area contributed by atoms with Gasteiger partial charge < -0.3 is 14.2 Å². The Morgan fingerprint density at radius 2 is 1.92 bits per heavy atom. The first kappa shape index (κ1) is 17.3. The molecule has 0 aromatic heterocycles. The Kier molecular flexibility index (Phi) is 5.56. The van der Waals surface area contributed by atoms with Gasteiger partial charge in [0.05, 0.1) is 7.11 Å². The van der Waals surface area contributed by atoms with Gasteiger partial charge in [-0.05, 0) is 42.4 Å². The summed E-state index contributed by atoms with van der Waals surface area (Å²) in [5, 5.41) is 0. The first-order chi connectivity index (χ1) is 12.2. The predicted molar refractivity (Wildman–Crippen MR) is 95.8 cm³/mol. The van der Waals surface area contributed by atoms with Crippen molar-refractivity contribution in [3.63, 3.8) is 0 Å². The molecule has 0 radical (unpaired) electrons. The van der Waals surface area contributed by atoms with Crippen LogP contribution in [-0.2, 0) is 6.54 Å². The van der Waals surface area contributed by atoms with Gasteiger partial charge in [0.15, 0.2) is 23.1 Å². The molecule has 25 heavy (non-hydrogen) atoms. The maximum atomic E-state index is 13.7. The van der Waals surface area contributed by atoms with Gasteiger partial charge in [-0.15, -0.1) is 0 Å². The Balaban J connectivity index is 1.55. The standard InChI is InChI=1S/C20H22FNO3/c1-22(9-3-4-15-5-7-18(23-2)17(21)12-15)14-16-6-8-19-20(13-16)25-11-10-24-19/h3-8,12-13H,9-11,14H2,1-2H3/b4-3+. The van der Waals surface area contributed by atoms with Gasteiger partial charge in [-0.3, -0.25) is 4.90 Å². The second kappa shape index (κ2) is 8.03. The summed E-state index contributed by atoms with van der Waals surface area (Å²) in [7, 11) is 3.50. The second-order valence-corrected chi connectivity index (χ2v) is 5.97. The lowest BCUT2D eigenvalue weighted by Crippen LogP contribution is -2.19. The molecular formula is C20H22FNO3. The molecule has 0 amide bonds. The van der Waals surface area contributed by atoms with Crippen LogP contribution in [0, 0.1) is 5.82 Å². The molecule has 0 saturated heterocycles. The number of benzene rings is 2. The van der Waals surface area contributed by atoms with Gasteiger partial charge >= 0.3 is 0 Å². The topological polar surface area (TPSA) is 30.9 Å². The molecule has 3 rings (SSSR count). The molecule has 1 aliphatic rings. The highest BCUT2D eigenvalue weighted by Gasteiger charge is 2.12. The lowest BCUT2D eigenvalue weighted by atomic mass is 10.1. The molecule has 1 heterocycles. The van der Waals surface area contributed by atoms with E-state index in [1.165, 1.54) is 13.2 Å². The Morgan fingerprint density at radius 3 is 2.68 bits per heavy atom. The quantitative estimate of drug-likeness (QED) is 0.799. The van der Waals surface area contributed by atoms with E-state index in [0.717, 1.165) is 35.7 Å². The Hall–Kier alpha value is -2.53. The van der Waals surface area contributed by atoms with Crippen LogP contribution in [0.4, 0.5) is 4.39 Å². The molecule has 4 nitrogen and oxygen atoms in total. The number of fused-ring (bicyclic) bond motifs is 1. The predicted octanol–water partition coefficient (Wildman–Crippen LogP) is 3.75. The van der Waals surface area contributed by atoms with Gasteiger partial charge in [-0.1, -0.05) is 24.3 Å². The summed E-state index contributed by atoms with van der Waals surface area (Å²) in [5.74, 6) is 1.52. The number of rotatable bonds is 6. The lowest BCUT2D eigenvalue weighted by Gasteiger charge is -2.20. The molecule has 132 valence electrons. The minimum absolute atomic E-state index is 0.257. The van der Waals surface area contributed by atoms with E-state index >= 15 is 0 Å². The smallest absolute Gasteiger partial charge is 0.165 e. The van der Waals surface area contributed by atoms with Crippen LogP contribution in [0.1, 0.15) is 11.1 Å². The van der Waals surface area contributed by atoms with E-state index in [0.29, 0.717) is 13.2 Å². The zero-order valence-electron chi connectivity index (χ0n) is 14.5. The van der Waals surface area contributed by atoms with Crippen molar-refractivity contribution in [2.24, 2.45) is 0 Å². The molecule has 0 aliphatic carbocycles. The highest BCUT2D eigenvalue weighted by molar-refractivity contribution is 5.51. The van der Waals surface area contributed by atoms with Crippen molar-refractivity contribution < 1.29 is 18.6 Å². The fraction of sp³-hybridized carbons (Fsp3) is 0.300. The molecule has 2 aromatic rings. The number of methoxy groups -OCH3 is 1. The first-order valence-corrected chi connectivity index (χ1v) is 8.23. The van der Waals surface area contributed by atoms with Crippen molar-refractivity contribution in [3.8, 4) is 17.2 Å². The summed E-state index contributed by atoms with van der Waals surface area (Å²) >= 11 is 0. The van der Waals surface area contributed by atoms with E-state index in [1.807, 2.05) is 43.5 Å². The summed E-state index contributed by atoms with van der Waals surface area (Å²) in [6.45, 7) is 2.73. The SMILES string of the molecule is COc1ccc(/C=C/CN(C)Cc2ccc3c(c2)OCCO3)cc1F. The third kappa shape index (κ3) is 4.51. The largest absolute Gasteiger partial charge is 0.494 e. The Morgan fingerprint density at radius 1 is 1.12 bits per heavy atom. The van der Waals surface area contributed by atoms with Crippen molar-refractivity contribution >= 4 is 6.08 Å². The van der Waals surface area contributed by atoms with E-state index in [1.54, 1.807) is 6.07 Å². The molecule has 5 heteroatoms. The van der Waals surface area contributed by atoms with E-state index in [9.17, 15) is 4.39 Å². The minimum Gasteiger partial charge on any atom is -0.494 e.